The second kappa shape index (κ2) is 5.78. The number of nitrogens with zero attached hydrogens (tertiary/aromatic N) is 2. The van der Waals surface area contributed by atoms with Gasteiger partial charge in [-0.2, -0.15) is 0 Å². The van der Waals surface area contributed by atoms with Crippen LogP contribution in [0.2, 0.25) is 0 Å². The third kappa shape index (κ3) is 2.55. The zero-order valence-corrected chi connectivity index (χ0v) is 13.2. The van der Waals surface area contributed by atoms with Gasteiger partial charge in [0.25, 0.3) is 0 Å². The highest BCUT2D eigenvalue weighted by Crippen LogP contribution is 2.31. The number of nitrogen functional groups attached to an aromatic ring is 1. The topological polar surface area (TPSA) is 42.1 Å². The van der Waals surface area contributed by atoms with Gasteiger partial charge in [-0.3, -0.25) is 4.98 Å². The molecule has 0 radical (unpaired) electrons. The van der Waals surface area contributed by atoms with E-state index in [1.54, 1.807) is 6.20 Å². The first kappa shape index (κ1) is 14.5. The summed E-state index contributed by atoms with van der Waals surface area (Å²) in [6.45, 7) is 2.21. The van der Waals surface area contributed by atoms with E-state index in [4.69, 9.17) is 5.73 Å². The Kier molecular flexibility index (Phi) is 3.82. The second-order valence-corrected chi connectivity index (χ2v) is 5.87. The minimum Gasteiger partial charge on any atom is -0.398 e. The number of benzene rings is 2. The molecule has 0 aliphatic carbocycles. The van der Waals surface area contributed by atoms with E-state index in [-0.39, 0.29) is 0 Å². The third-order valence-corrected chi connectivity index (χ3v) is 4.26. The van der Waals surface area contributed by atoms with Gasteiger partial charge in [-0.25, -0.2) is 0 Å². The maximum atomic E-state index is 6.07. The van der Waals surface area contributed by atoms with Gasteiger partial charge >= 0.3 is 0 Å². The summed E-state index contributed by atoms with van der Waals surface area (Å²) in [7, 11) is 4.19. The lowest BCUT2D eigenvalue weighted by Gasteiger charge is -2.21. The summed E-state index contributed by atoms with van der Waals surface area (Å²) in [5.41, 5.74) is 11.4. The lowest BCUT2D eigenvalue weighted by molar-refractivity contribution is 0.321. The second-order valence-electron chi connectivity index (χ2n) is 5.87. The van der Waals surface area contributed by atoms with E-state index in [1.165, 1.54) is 11.1 Å². The van der Waals surface area contributed by atoms with Gasteiger partial charge in [0, 0.05) is 28.9 Å². The van der Waals surface area contributed by atoms with Crippen LogP contribution in [0.15, 0.2) is 54.7 Å². The van der Waals surface area contributed by atoms with E-state index >= 15 is 0 Å². The normalized spacial score (nSPS) is 12.7. The fourth-order valence-electron chi connectivity index (χ4n) is 2.69. The van der Waals surface area contributed by atoms with Gasteiger partial charge < -0.3 is 10.6 Å². The molecule has 0 amide bonds. The van der Waals surface area contributed by atoms with Gasteiger partial charge in [0.1, 0.15) is 0 Å². The molecule has 2 N–H and O–H groups in total. The maximum absolute atomic E-state index is 6.07. The van der Waals surface area contributed by atoms with Crippen LogP contribution in [0.1, 0.15) is 18.5 Å². The minimum absolute atomic E-state index is 0.368. The van der Waals surface area contributed by atoms with E-state index in [9.17, 15) is 0 Å². The van der Waals surface area contributed by atoms with Crippen molar-refractivity contribution in [3.63, 3.8) is 0 Å². The number of hydrogen-bond acceptors (Lipinski definition) is 3. The van der Waals surface area contributed by atoms with E-state index in [1.807, 2.05) is 18.2 Å². The van der Waals surface area contributed by atoms with E-state index in [0.29, 0.717) is 6.04 Å². The Bertz CT molecular complexity index is 809. The Morgan fingerprint density at radius 2 is 1.82 bits per heavy atom. The fourth-order valence-corrected chi connectivity index (χ4v) is 2.69. The molecule has 112 valence electrons. The molecule has 0 spiro atoms. The van der Waals surface area contributed by atoms with Gasteiger partial charge in [0.05, 0.1) is 5.52 Å². The van der Waals surface area contributed by atoms with Crippen molar-refractivity contribution in [1.82, 2.24) is 9.88 Å². The Balaban J connectivity index is 2.16. The van der Waals surface area contributed by atoms with Crippen molar-refractivity contribution in [2.75, 3.05) is 19.8 Å². The molecule has 0 aliphatic heterocycles. The van der Waals surface area contributed by atoms with Crippen molar-refractivity contribution in [3.8, 4) is 11.1 Å². The third-order valence-electron chi connectivity index (χ3n) is 4.26. The summed E-state index contributed by atoms with van der Waals surface area (Å²) in [5, 5.41) is 1.01. The fraction of sp³-hybridized carbons (Fsp3) is 0.211. The highest BCUT2D eigenvalue weighted by molar-refractivity contribution is 5.99. The summed E-state index contributed by atoms with van der Waals surface area (Å²) >= 11 is 0. The first-order valence-corrected chi connectivity index (χ1v) is 7.48. The molecule has 22 heavy (non-hydrogen) atoms. The lowest BCUT2D eigenvalue weighted by atomic mass is 9.97. The molecule has 3 rings (SSSR count). The molecule has 3 nitrogen and oxygen atoms in total. The average molecular weight is 291 g/mol. The Hall–Kier alpha value is -2.39. The Morgan fingerprint density at radius 1 is 1.05 bits per heavy atom. The van der Waals surface area contributed by atoms with Crippen molar-refractivity contribution in [2.45, 2.75) is 13.0 Å². The molecule has 0 saturated heterocycles. The molecule has 3 aromatic rings. The molecule has 2 aromatic carbocycles. The Labute approximate surface area is 131 Å². The van der Waals surface area contributed by atoms with Gasteiger partial charge in [-0.1, -0.05) is 36.4 Å². The number of aromatic nitrogens is 1. The van der Waals surface area contributed by atoms with Crippen LogP contribution < -0.4 is 5.73 Å². The molecule has 3 heteroatoms. The quantitative estimate of drug-likeness (QED) is 0.789. The summed E-state index contributed by atoms with van der Waals surface area (Å²) < 4.78 is 0. The number of anilines is 1. The predicted molar refractivity (Wildman–Crippen MR) is 93.7 cm³/mol. The van der Waals surface area contributed by atoms with Crippen LogP contribution in [0.3, 0.4) is 0 Å². The zero-order chi connectivity index (χ0) is 15.7. The minimum atomic E-state index is 0.368. The molecule has 0 fully saturated rings. The van der Waals surface area contributed by atoms with E-state index < -0.39 is 0 Å². The van der Waals surface area contributed by atoms with Crippen LogP contribution in [0.4, 0.5) is 5.69 Å². The molecule has 0 unspecified atom stereocenters. The van der Waals surface area contributed by atoms with Gasteiger partial charge in [0.2, 0.25) is 0 Å². The molecule has 0 bridgehead atoms. The van der Waals surface area contributed by atoms with Gasteiger partial charge in [0.15, 0.2) is 0 Å². The van der Waals surface area contributed by atoms with Crippen LogP contribution in [0.25, 0.3) is 22.0 Å². The van der Waals surface area contributed by atoms with Crippen LogP contribution in [0.5, 0.6) is 0 Å². The van der Waals surface area contributed by atoms with Crippen LogP contribution >= 0.6 is 0 Å². The van der Waals surface area contributed by atoms with Crippen LogP contribution in [-0.4, -0.2) is 24.0 Å². The molecular weight excluding hydrogens is 270 g/mol. The smallest absolute Gasteiger partial charge is 0.0800 e. The van der Waals surface area contributed by atoms with Crippen molar-refractivity contribution in [2.24, 2.45) is 0 Å². The van der Waals surface area contributed by atoms with Crippen LogP contribution in [-0.2, 0) is 0 Å². The molecular formula is C19H21N3. The molecule has 1 atom stereocenters. The van der Waals surface area contributed by atoms with Crippen LogP contribution in [0, 0.1) is 0 Å². The predicted octanol–water partition coefficient (Wildman–Crippen LogP) is 4.11. The summed E-state index contributed by atoms with van der Waals surface area (Å²) in [6.07, 6.45) is 1.77. The number of nitrogens with two attached hydrogens (primary N) is 1. The summed E-state index contributed by atoms with van der Waals surface area (Å²) in [4.78, 5) is 6.74. The molecule has 1 heterocycles. The molecule has 1 aromatic heterocycles. The molecule has 0 saturated carbocycles. The summed E-state index contributed by atoms with van der Waals surface area (Å²) in [6, 6.07) is 17.0. The standard InChI is InChI=1S/C19H21N3/c1-13(22(2)3)14-6-4-7-15(12-14)16-8-5-9-17-18(20)10-11-21-19(16)17/h4-13H,1-3H3,(H2,20,21)/t13-/m1/s1. The average Bonchev–Trinajstić information content (AvgIpc) is 2.54. The SMILES string of the molecule is C[C@H](c1cccc(-c2cccc3c(N)ccnc23)c1)N(C)C. The Morgan fingerprint density at radius 3 is 2.59 bits per heavy atom. The highest BCUT2D eigenvalue weighted by Gasteiger charge is 2.11. The van der Waals surface area contributed by atoms with Gasteiger partial charge in [-0.15, -0.1) is 0 Å². The van der Waals surface area contributed by atoms with E-state index in [0.717, 1.165) is 22.2 Å². The number of hydrogen-bond donors (Lipinski definition) is 1. The van der Waals surface area contributed by atoms with Crippen molar-refractivity contribution in [1.29, 1.82) is 0 Å². The maximum Gasteiger partial charge on any atom is 0.0800 e. The highest BCUT2D eigenvalue weighted by atomic mass is 15.1. The first-order valence-electron chi connectivity index (χ1n) is 7.48. The molecule has 0 aliphatic rings. The lowest BCUT2D eigenvalue weighted by Crippen LogP contribution is -2.16. The monoisotopic (exact) mass is 291 g/mol. The first-order chi connectivity index (χ1) is 10.6. The van der Waals surface area contributed by atoms with Crippen molar-refractivity contribution >= 4 is 16.6 Å². The van der Waals surface area contributed by atoms with Crippen molar-refractivity contribution in [3.05, 3.63) is 60.3 Å². The van der Waals surface area contributed by atoms with Crippen molar-refractivity contribution < 1.29 is 0 Å². The zero-order valence-electron chi connectivity index (χ0n) is 13.2. The summed E-state index contributed by atoms with van der Waals surface area (Å²) in [5.74, 6) is 0. The largest absolute Gasteiger partial charge is 0.398 e. The number of fused-ring (bicyclic) bond motifs is 1. The number of pyridine rings is 1. The number of para-hydroxylation sites is 1. The van der Waals surface area contributed by atoms with Gasteiger partial charge in [-0.05, 0) is 44.3 Å². The van der Waals surface area contributed by atoms with E-state index in [2.05, 4.69) is 61.2 Å². The number of rotatable bonds is 3.